The summed E-state index contributed by atoms with van der Waals surface area (Å²) in [5.41, 5.74) is 2.65. The number of aliphatic hydroxyl groups excluding tert-OH is 1. The topological polar surface area (TPSA) is 144 Å². The van der Waals surface area contributed by atoms with Gasteiger partial charge in [-0.1, -0.05) is 59.2 Å². The molecule has 6 atom stereocenters. The molecular weight excluding hydrogens is 528 g/mol. The van der Waals surface area contributed by atoms with Crippen molar-refractivity contribution in [2.24, 2.45) is 29.6 Å². The molecule has 9 nitrogen and oxygen atoms in total. The van der Waals surface area contributed by atoms with Crippen LogP contribution in [0.2, 0.25) is 0 Å². The van der Waals surface area contributed by atoms with Crippen LogP contribution in [-0.2, 0) is 46.3 Å². The minimum atomic E-state index is -1.08. The SMILES string of the molecule is CCCCOC(=O)C(CC(C)C(=O)O)CC(CC1C(=O)C(c2c(CC)cccc2CC)C(=O)C1C)C(=O)OCCO. The van der Waals surface area contributed by atoms with Gasteiger partial charge >= 0.3 is 17.9 Å². The van der Waals surface area contributed by atoms with Crippen molar-refractivity contribution < 1.29 is 43.7 Å². The summed E-state index contributed by atoms with van der Waals surface area (Å²) >= 11 is 0. The van der Waals surface area contributed by atoms with E-state index in [-0.39, 0.29) is 44.0 Å². The smallest absolute Gasteiger partial charge is 0.309 e. The van der Waals surface area contributed by atoms with Crippen LogP contribution in [0.1, 0.15) is 89.3 Å². The van der Waals surface area contributed by atoms with Crippen LogP contribution in [0.15, 0.2) is 18.2 Å². The van der Waals surface area contributed by atoms with E-state index in [4.69, 9.17) is 9.47 Å². The van der Waals surface area contributed by atoms with Crippen molar-refractivity contribution in [1.82, 2.24) is 0 Å². The number of ketones is 2. The molecule has 0 heterocycles. The number of rotatable bonds is 17. The first-order valence-corrected chi connectivity index (χ1v) is 14.9. The molecule has 0 aromatic heterocycles. The van der Waals surface area contributed by atoms with Crippen LogP contribution in [0, 0.1) is 29.6 Å². The van der Waals surface area contributed by atoms with Gasteiger partial charge in [-0.15, -0.1) is 0 Å². The van der Waals surface area contributed by atoms with E-state index >= 15 is 0 Å². The molecule has 0 saturated heterocycles. The van der Waals surface area contributed by atoms with Gasteiger partial charge in [-0.25, -0.2) is 0 Å². The van der Waals surface area contributed by atoms with E-state index in [0.29, 0.717) is 19.3 Å². The maximum Gasteiger partial charge on any atom is 0.309 e. The average Bonchev–Trinajstić information content (AvgIpc) is 3.16. The molecular formula is C32H46O9. The first kappa shape index (κ1) is 34.1. The van der Waals surface area contributed by atoms with Crippen LogP contribution in [0.3, 0.4) is 0 Å². The number of carboxylic acids is 1. The Hall–Kier alpha value is -3.07. The van der Waals surface area contributed by atoms with Gasteiger partial charge in [0.2, 0.25) is 0 Å². The fourth-order valence-corrected chi connectivity index (χ4v) is 5.77. The van der Waals surface area contributed by atoms with Gasteiger partial charge in [0.25, 0.3) is 0 Å². The van der Waals surface area contributed by atoms with Gasteiger partial charge in [0.05, 0.1) is 31.0 Å². The van der Waals surface area contributed by atoms with Crippen molar-refractivity contribution in [2.75, 3.05) is 19.8 Å². The number of hydrogen-bond acceptors (Lipinski definition) is 8. The average molecular weight is 575 g/mol. The van der Waals surface area contributed by atoms with Crippen LogP contribution < -0.4 is 0 Å². The number of unbranched alkanes of at least 4 members (excludes halogenated alkanes) is 1. The van der Waals surface area contributed by atoms with E-state index in [2.05, 4.69) is 0 Å². The van der Waals surface area contributed by atoms with Gasteiger partial charge in [0, 0.05) is 11.8 Å². The summed E-state index contributed by atoms with van der Waals surface area (Å²) in [7, 11) is 0. The summed E-state index contributed by atoms with van der Waals surface area (Å²) in [5, 5.41) is 18.7. The lowest BCUT2D eigenvalue weighted by molar-refractivity contribution is -0.155. The Kier molecular flexibility index (Phi) is 13.6. The second kappa shape index (κ2) is 16.4. The predicted molar refractivity (Wildman–Crippen MR) is 152 cm³/mol. The molecule has 0 radical (unpaired) electrons. The van der Waals surface area contributed by atoms with E-state index in [1.807, 2.05) is 39.0 Å². The first-order valence-electron chi connectivity index (χ1n) is 14.9. The number of carboxylic acid groups (broad SMARTS) is 1. The molecule has 228 valence electrons. The second-order valence-corrected chi connectivity index (χ2v) is 11.1. The largest absolute Gasteiger partial charge is 0.481 e. The summed E-state index contributed by atoms with van der Waals surface area (Å²) in [5.74, 6) is -7.93. The highest BCUT2D eigenvalue weighted by Crippen LogP contribution is 2.43. The Morgan fingerprint density at radius 2 is 1.49 bits per heavy atom. The number of aryl methyl sites for hydroxylation is 2. The number of esters is 2. The minimum Gasteiger partial charge on any atom is -0.481 e. The monoisotopic (exact) mass is 574 g/mol. The van der Waals surface area contributed by atoms with E-state index in [1.54, 1.807) is 6.92 Å². The van der Waals surface area contributed by atoms with Crippen molar-refractivity contribution >= 4 is 29.5 Å². The number of aliphatic carboxylic acids is 1. The molecule has 0 bridgehead atoms. The standard InChI is InChI=1S/C32H46O9/c1-6-9-14-40-31(38)23(16-19(4)30(36)37)17-24(32(39)41-15-13-33)18-25-20(5)28(34)27(29(25)35)26-21(7-2)11-10-12-22(26)8-3/h10-12,19-20,23-25,27,33H,6-9,13-18H2,1-5H3,(H,36,37). The van der Waals surface area contributed by atoms with Crippen LogP contribution in [0.4, 0.5) is 0 Å². The number of carbonyl (C=O) groups excluding carboxylic acids is 4. The zero-order chi connectivity index (χ0) is 30.7. The highest BCUT2D eigenvalue weighted by Gasteiger charge is 2.50. The molecule has 41 heavy (non-hydrogen) atoms. The fraction of sp³-hybridized carbons (Fsp3) is 0.656. The summed E-state index contributed by atoms with van der Waals surface area (Å²) < 4.78 is 10.6. The molecule has 1 fully saturated rings. The van der Waals surface area contributed by atoms with Crippen molar-refractivity contribution in [3.05, 3.63) is 34.9 Å². The van der Waals surface area contributed by atoms with Crippen molar-refractivity contribution in [3.8, 4) is 0 Å². The maximum atomic E-state index is 13.9. The molecule has 2 rings (SSSR count). The van der Waals surface area contributed by atoms with Crippen LogP contribution in [0.5, 0.6) is 0 Å². The molecule has 1 aliphatic carbocycles. The summed E-state index contributed by atoms with van der Waals surface area (Å²) in [6.07, 6.45) is 2.61. The molecule has 1 aromatic carbocycles. The van der Waals surface area contributed by atoms with Crippen molar-refractivity contribution in [3.63, 3.8) is 0 Å². The number of aliphatic hydroxyl groups is 1. The molecule has 1 aromatic rings. The normalized spacial score (nSPS) is 20.9. The molecule has 9 heteroatoms. The van der Waals surface area contributed by atoms with E-state index in [9.17, 15) is 34.2 Å². The second-order valence-electron chi connectivity index (χ2n) is 11.1. The number of ether oxygens (including phenoxy) is 2. The molecule has 0 spiro atoms. The first-order chi connectivity index (χ1) is 19.5. The highest BCUT2D eigenvalue weighted by molar-refractivity contribution is 6.16. The number of hydrogen-bond donors (Lipinski definition) is 2. The molecule has 0 aliphatic heterocycles. The third-order valence-corrected chi connectivity index (χ3v) is 8.24. The van der Waals surface area contributed by atoms with E-state index in [0.717, 1.165) is 23.1 Å². The van der Waals surface area contributed by atoms with Gasteiger partial charge in [0.15, 0.2) is 11.6 Å². The Labute approximate surface area is 243 Å². The minimum absolute atomic E-state index is 0.0254. The molecule has 1 saturated carbocycles. The lowest BCUT2D eigenvalue weighted by atomic mass is 9.80. The van der Waals surface area contributed by atoms with Gasteiger partial charge in [-0.05, 0) is 55.2 Å². The third-order valence-electron chi connectivity index (χ3n) is 8.24. The van der Waals surface area contributed by atoms with Crippen molar-refractivity contribution in [1.29, 1.82) is 0 Å². The van der Waals surface area contributed by atoms with Crippen LogP contribution in [-0.4, -0.2) is 59.5 Å². The highest BCUT2D eigenvalue weighted by atomic mass is 16.5. The van der Waals surface area contributed by atoms with E-state index < -0.39 is 60.0 Å². The summed E-state index contributed by atoms with van der Waals surface area (Å²) in [4.78, 5) is 65.3. The van der Waals surface area contributed by atoms with Crippen LogP contribution in [0.25, 0.3) is 0 Å². The Morgan fingerprint density at radius 3 is 2.02 bits per heavy atom. The van der Waals surface area contributed by atoms with Gasteiger partial charge < -0.3 is 19.7 Å². The zero-order valence-electron chi connectivity index (χ0n) is 25.0. The molecule has 1 aliphatic rings. The third kappa shape index (κ3) is 8.71. The Morgan fingerprint density at radius 1 is 0.902 bits per heavy atom. The van der Waals surface area contributed by atoms with Crippen molar-refractivity contribution in [2.45, 2.75) is 85.5 Å². The summed E-state index contributed by atoms with van der Waals surface area (Å²) in [6, 6.07) is 5.79. The number of Topliss-reactive ketones (excluding diaryl/α,β-unsaturated/α-hetero) is 2. The summed E-state index contributed by atoms with van der Waals surface area (Å²) in [6.45, 7) is 8.61. The zero-order valence-corrected chi connectivity index (χ0v) is 25.0. The van der Waals surface area contributed by atoms with Gasteiger partial charge in [0.1, 0.15) is 12.5 Å². The Balaban J connectivity index is 2.42. The molecule has 6 unspecified atom stereocenters. The van der Waals surface area contributed by atoms with E-state index in [1.165, 1.54) is 6.92 Å². The Bertz CT molecular complexity index is 1060. The van der Waals surface area contributed by atoms with Gasteiger partial charge in [-0.3, -0.25) is 24.0 Å². The lowest BCUT2D eigenvalue weighted by Gasteiger charge is -2.25. The fourth-order valence-electron chi connectivity index (χ4n) is 5.77. The van der Waals surface area contributed by atoms with Gasteiger partial charge in [-0.2, -0.15) is 0 Å². The predicted octanol–water partition coefficient (Wildman–Crippen LogP) is 4.30. The number of benzene rings is 1. The number of carbonyl (C=O) groups is 5. The van der Waals surface area contributed by atoms with Crippen LogP contribution >= 0.6 is 0 Å². The quantitative estimate of drug-likeness (QED) is 0.158. The molecule has 2 N–H and O–H groups in total. The lowest BCUT2D eigenvalue weighted by Crippen LogP contribution is -2.32. The maximum absolute atomic E-state index is 13.9. The molecule has 0 amide bonds.